The van der Waals surface area contributed by atoms with Crippen LogP contribution in [0.15, 0.2) is 35.3 Å². The largest absolute Gasteiger partial charge is 0.469 e. The maximum Gasteiger partial charge on any atom is 0.306 e. The second-order valence-electron chi connectivity index (χ2n) is 11.9. The summed E-state index contributed by atoms with van der Waals surface area (Å²) in [4.78, 5) is 58.2. The third-order valence-electron chi connectivity index (χ3n) is 7.89. The maximum absolute atomic E-state index is 13.5. The predicted octanol–water partition coefficient (Wildman–Crippen LogP) is 0.397. The highest BCUT2D eigenvalue weighted by molar-refractivity contribution is 7.88. The molecular weight excluding hydrogens is 576 g/mol. The molecule has 2 aliphatic heterocycles. The number of nitrogens with zero attached hydrogens (tertiary/aromatic N) is 3. The molecule has 0 spiro atoms. The molecule has 2 fully saturated rings. The molecule has 43 heavy (non-hydrogen) atoms. The molecule has 1 aromatic carbocycles. The van der Waals surface area contributed by atoms with Crippen molar-refractivity contribution in [2.45, 2.75) is 64.5 Å². The highest BCUT2D eigenvalue weighted by Gasteiger charge is 2.38. The number of hydrogen-bond donors (Lipinski definition) is 3. The first kappa shape index (κ1) is 34.0. The smallest absolute Gasteiger partial charge is 0.306 e. The number of nitrogens with two attached hydrogens (primary N) is 1. The van der Waals surface area contributed by atoms with Crippen molar-refractivity contribution in [3.8, 4) is 0 Å². The van der Waals surface area contributed by atoms with Gasteiger partial charge in [-0.05, 0) is 43.6 Å². The molecule has 3 rings (SSSR count). The van der Waals surface area contributed by atoms with E-state index in [9.17, 15) is 27.6 Å². The average molecular weight is 621 g/mol. The van der Waals surface area contributed by atoms with Gasteiger partial charge in [-0.2, -0.15) is 4.99 Å². The Morgan fingerprint density at radius 1 is 1.09 bits per heavy atom. The van der Waals surface area contributed by atoms with Gasteiger partial charge in [0.2, 0.25) is 21.8 Å². The number of esters is 1. The van der Waals surface area contributed by atoms with Crippen molar-refractivity contribution in [1.82, 2.24) is 19.8 Å². The van der Waals surface area contributed by atoms with E-state index >= 15 is 0 Å². The van der Waals surface area contributed by atoms with Crippen LogP contribution in [0.25, 0.3) is 0 Å². The SMILES string of the molecule is COC(=O)CC(C)(C)C(=O)/N=C(/N)N1CCC(CNC(=O)[C@@H]2CCCN2C(=O)[C@@H](Cc2ccccc2)NS(C)(=O)=O)CC1. The summed E-state index contributed by atoms with van der Waals surface area (Å²) in [5.41, 5.74) is 5.87. The molecule has 1 aromatic rings. The van der Waals surface area contributed by atoms with Crippen LogP contribution in [0.1, 0.15) is 51.5 Å². The monoisotopic (exact) mass is 620 g/mol. The number of likely N-dealkylation sites (tertiary alicyclic amines) is 2. The van der Waals surface area contributed by atoms with Crippen LogP contribution >= 0.6 is 0 Å². The molecule has 2 heterocycles. The number of ether oxygens (including phenoxy) is 1. The molecule has 238 valence electrons. The first-order chi connectivity index (χ1) is 20.2. The highest BCUT2D eigenvalue weighted by Crippen LogP contribution is 2.24. The van der Waals surface area contributed by atoms with Crippen molar-refractivity contribution in [2.75, 3.05) is 39.5 Å². The van der Waals surface area contributed by atoms with E-state index in [1.165, 1.54) is 12.0 Å². The summed E-state index contributed by atoms with van der Waals surface area (Å²) in [6.07, 6.45) is 3.65. The van der Waals surface area contributed by atoms with Gasteiger partial charge in [-0.1, -0.05) is 44.2 Å². The summed E-state index contributed by atoms with van der Waals surface area (Å²) < 4.78 is 31.2. The number of benzene rings is 1. The Labute approximate surface area is 253 Å². The number of nitrogens with one attached hydrogen (secondary N) is 2. The average Bonchev–Trinajstić information content (AvgIpc) is 3.45. The van der Waals surface area contributed by atoms with Gasteiger partial charge in [0.15, 0.2) is 5.96 Å². The zero-order chi connectivity index (χ0) is 31.8. The van der Waals surface area contributed by atoms with Crippen LogP contribution in [0.2, 0.25) is 0 Å². The number of hydrogen-bond acceptors (Lipinski definition) is 7. The molecule has 0 aliphatic carbocycles. The van der Waals surface area contributed by atoms with E-state index in [0.717, 1.165) is 11.8 Å². The van der Waals surface area contributed by atoms with Gasteiger partial charge in [0, 0.05) is 26.2 Å². The number of amides is 3. The minimum Gasteiger partial charge on any atom is -0.469 e. The third kappa shape index (κ3) is 10.0. The van der Waals surface area contributed by atoms with Gasteiger partial charge in [-0.25, -0.2) is 13.1 Å². The van der Waals surface area contributed by atoms with E-state index in [2.05, 4.69) is 19.8 Å². The Hall–Kier alpha value is -3.52. The summed E-state index contributed by atoms with van der Waals surface area (Å²) in [6, 6.07) is 7.45. The second kappa shape index (κ2) is 14.8. The van der Waals surface area contributed by atoms with Gasteiger partial charge in [0.05, 0.1) is 25.2 Å². The molecule has 3 amide bonds. The Bertz CT molecular complexity index is 1290. The van der Waals surface area contributed by atoms with E-state index in [1.807, 2.05) is 35.2 Å². The summed E-state index contributed by atoms with van der Waals surface area (Å²) in [7, 11) is -2.41. The lowest BCUT2D eigenvalue weighted by Gasteiger charge is -2.33. The molecule has 2 saturated heterocycles. The molecule has 14 heteroatoms. The van der Waals surface area contributed by atoms with Gasteiger partial charge in [0.1, 0.15) is 12.1 Å². The molecule has 0 bridgehead atoms. The molecule has 0 unspecified atom stereocenters. The number of rotatable bonds is 11. The van der Waals surface area contributed by atoms with Crippen LogP contribution in [0.4, 0.5) is 0 Å². The first-order valence-corrected chi connectivity index (χ1v) is 16.4. The number of sulfonamides is 1. The Kier molecular flexibility index (Phi) is 11.7. The predicted molar refractivity (Wildman–Crippen MR) is 161 cm³/mol. The standard InChI is InChI=1S/C29H44N6O7S/c1-29(2,18-24(36)42-3)27(39)32-28(30)34-15-12-21(13-16-34)19-31-25(37)23-11-8-14-35(23)26(38)22(33-43(4,40)41)17-20-9-6-5-7-10-20/h5-7,9-10,21-23,33H,8,11-19H2,1-4H3,(H,31,37)(H2,30,32,39)/t22-,23+/m1/s1. The normalized spacial score (nSPS) is 19.2. The second-order valence-corrected chi connectivity index (χ2v) is 13.7. The lowest BCUT2D eigenvalue weighted by molar-refractivity contribution is -0.146. The van der Waals surface area contributed by atoms with Crippen molar-refractivity contribution in [2.24, 2.45) is 22.1 Å². The van der Waals surface area contributed by atoms with E-state index in [4.69, 9.17) is 5.73 Å². The quantitative estimate of drug-likeness (QED) is 0.179. The van der Waals surface area contributed by atoms with E-state index in [0.29, 0.717) is 51.9 Å². The Morgan fingerprint density at radius 2 is 1.74 bits per heavy atom. The molecule has 4 N–H and O–H groups in total. The summed E-state index contributed by atoms with van der Waals surface area (Å²) >= 11 is 0. The van der Waals surface area contributed by atoms with Crippen LogP contribution in [-0.2, 0) is 40.4 Å². The summed E-state index contributed by atoms with van der Waals surface area (Å²) in [5.74, 6) is -1.41. The van der Waals surface area contributed by atoms with Crippen LogP contribution in [0, 0.1) is 11.3 Å². The van der Waals surface area contributed by atoms with Crippen LogP contribution in [0.5, 0.6) is 0 Å². The third-order valence-corrected chi connectivity index (χ3v) is 8.60. The first-order valence-electron chi connectivity index (χ1n) is 14.5. The van der Waals surface area contributed by atoms with Crippen LogP contribution < -0.4 is 15.8 Å². The zero-order valence-electron chi connectivity index (χ0n) is 25.4. The van der Waals surface area contributed by atoms with E-state index in [1.54, 1.807) is 13.8 Å². The molecule has 0 radical (unpaired) electrons. The van der Waals surface area contributed by atoms with E-state index in [-0.39, 0.29) is 30.6 Å². The molecule has 2 aliphatic rings. The number of piperidine rings is 1. The van der Waals surface area contributed by atoms with Crippen molar-refractivity contribution in [1.29, 1.82) is 0 Å². The molecule has 2 atom stereocenters. The van der Waals surface area contributed by atoms with Crippen LogP contribution in [0.3, 0.4) is 0 Å². The van der Waals surface area contributed by atoms with Gasteiger partial charge < -0.3 is 25.6 Å². The Balaban J connectivity index is 1.53. The minimum atomic E-state index is -3.67. The number of carbonyl (C=O) groups is 4. The van der Waals surface area contributed by atoms with Crippen molar-refractivity contribution in [3.05, 3.63) is 35.9 Å². The fourth-order valence-corrected chi connectivity index (χ4v) is 6.06. The number of methoxy groups -OCH3 is 1. The van der Waals surface area contributed by atoms with E-state index < -0.39 is 45.3 Å². The summed E-state index contributed by atoms with van der Waals surface area (Å²) in [5, 5.41) is 2.99. The highest BCUT2D eigenvalue weighted by atomic mass is 32.2. The minimum absolute atomic E-state index is 0.0956. The molecule has 13 nitrogen and oxygen atoms in total. The van der Waals surface area contributed by atoms with Crippen LogP contribution in [-0.4, -0.2) is 99.5 Å². The summed E-state index contributed by atoms with van der Waals surface area (Å²) in [6.45, 7) is 5.12. The molecule has 0 saturated carbocycles. The van der Waals surface area contributed by atoms with Gasteiger partial charge >= 0.3 is 5.97 Å². The van der Waals surface area contributed by atoms with Crippen molar-refractivity contribution < 1.29 is 32.3 Å². The lowest BCUT2D eigenvalue weighted by Crippen LogP contribution is -2.54. The Morgan fingerprint density at radius 3 is 2.35 bits per heavy atom. The molecular formula is C29H44N6O7S. The van der Waals surface area contributed by atoms with Gasteiger partial charge in [-0.15, -0.1) is 0 Å². The fourth-order valence-electron chi connectivity index (χ4n) is 5.35. The fraction of sp³-hybridized carbons (Fsp3) is 0.621. The molecule has 0 aromatic heterocycles. The van der Waals surface area contributed by atoms with Crippen molar-refractivity contribution in [3.63, 3.8) is 0 Å². The lowest BCUT2D eigenvalue weighted by atomic mass is 9.88. The van der Waals surface area contributed by atoms with Gasteiger partial charge in [-0.3, -0.25) is 19.2 Å². The number of carbonyl (C=O) groups excluding carboxylic acids is 4. The topological polar surface area (TPSA) is 181 Å². The number of guanidine groups is 1. The van der Waals surface area contributed by atoms with Gasteiger partial charge in [0.25, 0.3) is 5.91 Å². The zero-order valence-corrected chi connectivity index (χ0v) is 26.2. The number of aliphatic imine (C=N–C) groups is 1. The van der Waals surface area contributed by atoms with Crippen molar-refractivity contribution >= 4 is 39.7 Å². The maximum atomic E-state index is 13.5.